The lowest BCUT2D eigenvalue weighted by Crippen LogP contribution is -2.11. The highest BCUT2D eigenvalue weighted by Crippen LogP contribution is 2.20. The van der Waals surface area contributed by atoms with Crippen LogP contribution >= 0.6 is 10.7 Å². The molecule has 2 aromatic carbocycles. The molecule has 0 spiro atoms. The summed E-state index contributed by atoms with van der Waals surface area (Å²) in [4.78, 5) is 22.1. The van der Waals surface area contributed by atoms with Gasteiger partial charge in [0.15, 0.2) is 11.2 Å². The molecule has 0 saturated carbocycles. The second kappa shape index (κ2) is 7.43. The first kappa shape index (κ1) is 21.8. The minimum absolute atomic E-state index is 0.0793. The zero-order valence-corrected chi connectivity index (χ0v) is 17.8. The highest BCUT2D eigenvalue weighted by molar-refractivity contribution is 8.13. The van der Waals surface area contributed by atoms with E-state index in [1.165, 1.54) is 59.6 Å². The summed E-state index contributed by atoms with van der Waals surface area (Å²) in [7, 11) is 0.648. The maximum absolute atomic E-state index is 11.1. The molecule has 0 amide bonds. The van der Waals surface area contributed by atoms with Gasteiger partial charge in [0.2, 0.25) is 10.0 Å². The van der Waals surface area contributed by atoms with E-state index < -0.39 is 30.6 Å². The number of oxazole rings is 2. The molecule has 0 aliphatic rings. The third kappa shape index (κ3) is 4.18. The largest absolute Gasteiger partial charge is 0.419 e. The third-order valence-corrected chi connectivity index (χ3v) is 6.40. The lowest BCUT2D eigenvalue weighted by Gasteiger charge is -1.96. The maximum Gasteiger partial charge on any atom is 0.419 e. The molecule has 11 nitrogen and oxygen atoms in total. The molecular formula is C16H14ClN3O8S2. The van der Waals surface area contributed by atoms with Crippen LogP contribution in [0.25, 0.3) is 22.2 Å². The van der Waals surface area contributed by atoms with E-state index in [1.54, 1.807) is 0 Å². The second-order valence-electron chi connectivity index (χ2n) is 6.10. The van der Waals surface area contributed by atoms with Gasteiger partial charge in [0.1, 0.15) is 0 Å². The van der Waals surface area contributed by atoms with Gasteiger partial charge in [-0.2, -0.15) is 0 Å². The number of hydrogen-bond donors (Lipinski definition) is 1. The number of halogens is 1. The van der Waals surface area contributed by atoms with Gasteiger partial charge in [-0.25, -0.2) is 31.6 Å². The molecule has 30 heavy (non-hydrogen) atoms. The summed E-state index contributed by atoms with van der Waals surface area (Å²) in [5.74, 6) is -1.09. The number of primary sulfonamides is 1. The Morgan fingerprint density at radius 1 is 0.800 bits per heavy atom. The van der Waals surface area contributed by atoms with Crippen molar-refractivity contribution in [3.8, 4) is 0 Å². The fourth-order valence-corrected chi connectivity index (χ4v) is 3.85. The fraction of sp³-hybridized carbons (Fsp3) is 0.125. The predicted octanol–water partition coefficient (Wildman–Crippen LogP) is 0.838. The Hall–Kier alpha value is -2.87. The van der Waals surface area contributed by atoms with E-state index in [0.29, 0.717) is 11.0 Å². The molecule has 2 aromatic heterocycles. The zero-order chi connectivity index (χ0) is 22.4. The van der Waals surface area contributed by atoms with Crippen LogP contribution < -0.4 is 16.7 Å². The number of aryl methyl sites for hydroxylation is 2. The molecular weight excluding hydrogens is 462 g/mol. The molecule has 2 N–H and O–H groups in total. The van der Waals surface area contributed by atoms with Crippen molar-refractivity contribution >= 4 is 52.0 Å². The van der Waals surface area contributed by atoms with Crippen LogP contribution in [0.2, 0.25) is 0 Å². The van der Waals surface area contributed by atoms with Gasteiger partial charge in [0, 0.05) is 36.9 Å². The average Bonchev–Trinajstić information content (AvgIpc) is 3.09. The molecule has 0 aliphatic carbocycles. The van der Waals surface area contributed by atoms with Crippen molar-refractivity contribution in [1.29, 1.82) is 0 Å². The number of rotatable bonds is 2. The average molecular weight is 476 g/mol. The first-order valence-corrected chi connectivity index (χ1v) is 11.8. The molecule has 160 valence electrons. The number of nitrogens with two attached hydrogens (primary N) is 1. The van der Waals surface area contributed by atoms with Crippen LogP contribution in [0.4, 0.5) is 0 Å². The molecule has 0 fully saturated rings. The Bertz CT molecular complexity index is 1490. The van der Waals surface area contributed by atoms with Crippen LogP contribution in [-0.4, -0.2) is 26.0 Å². The lowest BCUT2D eigenvalue weighted by molar-refractivity contribution is 0.527. The van der Waals surface area contributed by atoms with Gasteiger partial charge in [-0.3, -0.25) is 9.13 Å². The summed E-state index contributed by atoms with van der Waals surface area (Å²) < 4.78 is 56.3. The van der Waals surface area contributed by atoms with Gasteiger partial charge in [0.05, 0.1) is 20.8 Å². The summed E-state index contributed by atoms with van der Waals surface area (Å²) in [6.45, 7) is 0. The molecule has 0 unspecified atom stereocenters. The van der Waals surface area contributed by atoms with Crippen molar-refractivity contribution in [2.75, 3.05) is 0 Å². The van der Waals surface area contributed by atoms with Crippen molar-refractivity contribution in [1.82, 2.24) is 9.13 Å². The van der Waals surface area contributed by atoms with E-state index in [0.717, 1.165) is 0 Å². The van der Waals surface area contributed by atoms with Gasteiger partial charge in [-0.05, 0) is 24.3 Å². The van der Waals surface area contributed by atoms with Gasteiger partial charge in [-0.15, -0.1) is 0 Å². The van der Waals surface area contributed by atoms with E-state index in [1.807, 2.05) is 0 Å². The minimum Gasteiger partial charge on any atom is -0.408 e. The smallest absolute Gasteiger partial charge is 0.408 e. The molecule has 14 heteroatoms. The van der Waals surface area contributed by atoms with Crippen LogP contribution in [0.15, 0.2) is 64.6 Å². The van der Waals surface area contributed by atoms with E-state index in [9.17, 15) is 26.4 Å². The monoisotopic (exact) mass is 475 g/mol. The first-order chi connectivity index (χ1) is 13.8. The highest BCUT2D eigenvalue weighted by atomic mass is 35.7. The first-order valence-electron chi connectivity index (χ1n) is 7.95. The molecule has 0 atom stereocenters. The number of hydrogen-bond acceptors (Lipinski definition) is 8. The van der Waals surface area contributed by atoms with Gasteiger partial charge < -0.3 is 8.83 Å². The van der Waals surface area contributed by atoms with Crippen LogP contribution in [-0.2, 0) is 33.2 Å². The van der Waals surface area contributed by atoms with Crippen molar-refractivity contribution in [3.05, 3.63) is 57.5 Å². The van der Waals surface area contributed by atoms with Gasteiger partial charge in [-0.1, -0.05) is 0 Å². The minimum atomic E-state index is -3.80. The van der Waals surface area contributed by atoms with E-state index in [-0.39, 0.29) is 21.0 Å². The van der Waals surface area contributed by atoms with Crippen LogP contribution in [0.3, 0.4) is 0 Å². The van der Waals surface area contributed by atoms with Crippen LogP contribution in [0, 0.1) is 0 Å². The van der Waals surface area contributed by atoms with Crippen molar-refractivity contribution < 1.29 is 25.7 Å². The molecule has 4 rings (SSSR count). The van der Waals surface area contributed by atoms with Crippen molar-refractivity contribution in [2.45, 2.75) is 9.79 Å². The highest BCUT2D eigenvalue weighted by Gasteiger charge is 2.14. The quantitative estimate of drug-likeness (QED) is 0.416. The number of sulfonamides is 1. The zero-order valence-electron chi connectivity index (χ0n) is 15.4. The molecule has 2 heterocycles. The third-order valence-electron chi connectivity index (χ3n) is 4.14. The number of benzene rings is 2. The van der Waals surface area contributed by atoms with E-state index in [4.69, 9.17) is 24.7 Å². The lowest BCUT2D eigenvalue weighted by atomic mass is 10.3. The molecule has 0 aliphatic heterocycles. The summed E-state index contributed by atoms with van der Waals surface area (Å²) in [5, 5.41) is 4.94. The normalized spacial score (nSPS) is 12.1. The maximum atomic E-state index is 11.1. The Labute approximate surface area is 173 Å². The summed E-state index contributed by atoms with van der Waals surface area (Å²) in [5.41, 5.74) is 1.44. The summed E-state index contributed by atoms with van der Waals surface area (Å²) >= 11 is 0. The molecule has 0 radical (unpaired) electrons. The van der Waals surface area contributed by atoms with Crippen molar-refractivity contribution in [3.63, 3.8) is 0 Å². The van der Waals surface area contributed by atoms with E-state index >= 15 is 0 Å². The molecule has 4 aromatic rings. The number of fused-ring (bicyclic) bond motifs is 2. The van der Waals surface area contributed by atoms with Gasteiger partial charge in [0.25, 0.3) is 9.05 Å². The summed E-state index contributed by atoms with van der Waals surface area (Å²) in [6, 6.07) is 8.03. The molecule has 0 bridgehead atoms. The van der Waals surface area contributed by atoms with Crippen LogP contribution in [0.1, 0.15) is 0 Å². The van der Waals surface area contributed by atoms with Crippen molar-refractivity contribution in [2.24, 2.45) is 19.2 Å². The standard InChI is InChI=1S/C8H6ClNO4S.C8H8N2O4S/c2*1-10-6-3-2-5(15(9,12)13)4-7(6)14-8(10)11/h2-4H,1H3;2-4H,1H3,(H2,9,12,13). The number of nitrogens with zero attached hydrogens (tertiary/aromatic N) is 2. The second-order valence-corrected chi connectivity index (χ2v) is 10.2. The summed E-state index contributed by atoms with van der Waals surface area (Å²) in [6.07, 6.45) is 0. The van der Waals surface area contributed by atoms with Crippen LogP contribution in [0.5, 0.6) is 0 Å². The Morgan fingerprint density at radius 3 is 1.60 bits per heavy atom. The van der Waals surface area contributed by atoms with Gasteiger partial charge >= 0.3 is 11.5 Å². The Morgan fingerprint density at radius 2 is 1.20 bits per heavy atom. The molecule has 0 saturated heterocycles. The Kier molecular flexibility index (Phi) is 5.41. The predicted molar refractivity (Wildman–Crippen MR) is 107 cm³/mol. The number of aromatic nitrogens is 2. The SMILES string of the molecule is Cn1c(=O)oc2cc(S(=O)(=O)Cl)ccc21.Cn1c(=O)oc2cc(S(N)(=O)=O)ccc21. The van der Waals surface area contributed by atoms with E-state index in [2.05, 4.69) is 0 Å². The topological polar surface area (TPSA) is 165 Å². The fourth-order valence-electron chi connectivity index (χ4n) is 2.56. The Balaban J connectivity index is 0.000000171.